The van der Waals surface area contributed by atoms with Gasteiger partial charge in [-0.05, 0) is 43.5 Å². The standard InChI is InChI=1S/C21H31ClN2O2/c1-16-15-17(22)13-14-19(16)24-21(26)20(25)23-18-11-9-7-5-3-2-4-6-8-10-12-18/h13-15,18H,2-12H2,1H3,(H,23,25)(H,24,26). The van der Waals surface area contributed by atoms with E-state index in [1.165, 1.54) is 44.9 Å². The fraction of sp³-hybridized carbons (Fsp3) is 0.619. The molecule has 1 aromatic rings. The first-order valence-electron chi connectivity index (χ1n) is 9.94. The molecule has 1 aliphatic carbocycles. The average Bonchev–Trinajstić information content (AvgIpc) is 2.59. The van der Waals surface area contributed by atoms with Crippen molar-refractivity contribution in [2.45, 2.75) is 83.6 Å². The van der Waals surface area contributed by atoms with Crippen LogP contribution < -0.4 is 10.6 Å². The van der Waals surface area contributed by atoms with Gasteiger partial charge in [0.05, 0.1) is 0 Å². The molecule has 26 heavy (non-hydrogen) atoms. The zero-order chi connectivity index (χ0) is 18.8. The molecule has 1 aliphatic rings. The summed E-state index contributed by atoms with van der Waals surface area (Å²) in [5.41, 5.74) is 1.46. The van der Waals surface area contributed by atoms with E-state index in [0.717, 1.165) is 31.2 Å². The molecule has 0 aliphatic heterocycles. The van der Waals surface area contributed by atoms with Crippen molar-refractivity contribution in [3.63, 3.8) is 0 Å². The predicted molar refractivity (Wildman–Crippen MR) is 108 cm³/mol. The lowest BCUT2D eigenvalue weighted by Gasteiger charge is -2.19. The monoisotopic (exact) mass is 378 g/mol. The SMILES string of the molecule is Cc1cc(Cl)ccc1NC(=O)C(=O)NC1CCCCCCCCCCC1. The van der Waals surface area contributed by atoms with Gasteiger partial charge in [-0.25, -0.2) is 0 Å². The number of halogens is 1. The Hall–Kier alpha value is -1.55. The third-order valence-electron chi connectivity index (χ3n) is 5.08. The van der Waals surface area contributed by atoms with Crippen LogP contribution in [-0.2, 0) is 9.59 Å². The summed E-state index contributed by atoms with van der Waals surface area (Å²) in [7, 11) is 0. The highest BCUT2D eigenvalue weighted by Crippen LogP contribution is 2.20. The van der Waals surface area contributed by atoms with Crippen molar-refractivity contribution in [2.24, 2.45) is 0 Å². The minimum absolute atomic E-state index is 0.0963. The maximum absolute atomic E-state index is 12.3. The van der Waals surface area contributed by atoms with Crippen LogP contribution in [0.15, 0.2) is 18.2 Å². The van der Waals surface area contributed by atoms with Gasteiger partial charge in [-0.15, -0.1) is 0 Å². The largest absolute Gasteiger partial charge is 0.345 e. The highest BCUT2D eigenvalue weighted by molar-refractivity contribution is 6.39. The number of amides is 2. The zero-order valence-electron chi connectivity index (χ0n) is 15.8. The number of benzene rings is 1. The summed E-state index contributed by atoms with van der Waals surface area (Å²) in [6, 6.07) is 5.29. The Morgan fingerprint density at radius 1 is 0.885 bits per heavy atom. The van der Waals surface area contributed by atoms with E-state index in [0.29, 0.717) is 10.7 Å². The Morgan fingerprint density at radius 2 is 1.42 bits per heavy atom. The summed E-state index contributed by atoms with van der Waals surface area (Å²) in [5.74, 6) is -1.15. The maximum Gasteiger partial charge on any atom is 0.313 e. The number of rotatable bonds is 2. The predicted octanol–water partition coefficient (Wildman–Crippen LogP) is 5.38. The van der Waals surface area contributed by atoms with E-state index in [1.807, 2.05) is 6.92 Å². The van der Waals surface area contributed by atoms with Gasteiger partial charge in [0.25, 0.3) is 0 Å². The molecule has 144 valence electrons. The maximum atomic E-state index is 12.3. The summed E-state index contributed by atoms with van der Waals surface area (Å²) < 4.78 is 0. The summed E-state index contributed by atoms with van der Waals surface area (Å²) in [6.45, 7) is 1.85. The lowest BCUT2D eigenvalue weighted by molar-refractivity contribution is -0.136. The lowest BCUT2D eigenvalue weighted by atomic mass is 9.98. The molecular weight excluding hydrogens is 348 g/mol. The average molecular weight is 379 g/mol. The van der Waals surface area contributed by atoms with Crippen LogP contribution in [0, 0.1) is 6.92 Å². The van der Waals surface area contributed by atoms with Gasteiger partial charge in [-0.3, -0.25) is 9.59 Å². The molecule has 0 saturated heterocycles. The first-order chi connectivity index (χ1) is 12.6. The van der Waals surface area contributed by atoms with Gasteiger partial charge in [-0.2, -0.15) is 0 Å². The Labute approximate surface area is 162 Å². The van der Waals surface area contributed by atoms with E-state index < -0.39 is 11.8 Å². The fourth-order valence-corrected chi connectivity index (χ4v) is 3.73. The molecule has 5 heteroatoms. The van der Waals surface area contributed by atoms with Gasteiger partial charge < -0.3 is 10.6 Å². The van der Waals surface area contributed by atoms with Gasteiger partial charge in [0.1, 0.15) is 0 Å². The zero-order valence-corrected chi connectivity index (χ0v) is 16.5. The van der Waals surface area contributed by atoms with E-state index in [9.17, 15) is 9.59 Å². The van der Waals surface area contributed by atoms with E-state index in [1.54, 1.807) is 18.2 Å². The number of nitrogens with one attached hydrogen (secondary N) is 2. The Balaban J connectivity index is 1.86. The van der Waals surface area contributed by atoms with Crippen LogP contribution in [-0.4, -0.2) is 17.9 Å². The Kier molecular flexibility index (Phi) is 8.96. The van der Waals surface area contributed by atoms with Crippen molar-refractivity contribution in [2.75, 3.05) is 5.32 Å². The lowest BCUT2D eigenvalue weighted by Crippen LogP contribution is -2.42. The van der Waals surface area contributed by atoms with Crippen LogP contribution in [0.2, 0.25) is 5.02 Å². The van der Waals surface area contributed by atoms with Gasteiger partial charge >= 0.3 is 11.8 Å². The summed E-state index contributed by atoms with van der Waals surface area (Å²) in [6.07, 6.45) is 13.1. The molecule has 0 atom stereocenters. The van der Waals surface area contributed by atoms with Crippen molar-refractivity contribution in [3.8, 4) is 0 Å². The van der Waals surface area contributed by atoms with Gasteiger partial charge in [0.2, 0.25) is 0 Å². The van der Waals surface area contributed by atoms with Crippen molar-refractivity contribution in [3.05, 3.63) is 28.8 Å². The molecule has 0 heterocycles. The number of carbonyl (C=O) groups excluding carboxylic acids is 2. The van der Waals surface area contributed by atoms with Gasteiger partial charge in [-0.1, -0.05) is 69.4 Å². The van der Waals surface area contributed by atoms with E-state index in [-0.39, 0.29) is 6.04 Å². The molecule has 2 rings (SSSR count). The van der Waals surface area contributed by atoms with E-state index in [4.69, 9.17) is 11.6 Å². The smallest absolute Gasteiger partial charge is 0.313 e. The second-order valence-electron chi connectivity index (χ2n) is 7.34. The number of aryl methyl sites for hydroxylation is 1. The van der Waals surface area contributed by atoms with Crippen LogP contribution in [0.5, 0.6) is 0 Å². The number of hydrogen-bond acceptors (Lipinski definition) is 2. The van der Waals surface area contributed by atoms with Crippen LogP contribution in [0.3, 0.4) is 0 Å². The molecule has 1 saturated carbocycles. The third kappa shape index (κ3) is 7.36. The molecule has 1 aromatic carbocycles. The van der Waals surface area contributed by atoms with Gasteiger partial charge in [0, 0.05) is 16.8 Å². The molecular formula is C21H31ClN2O2. The first kappa shape index (κ1) is 20.8. The number of anilines is 1. The normalized spacial score (nSPS) is 17.6. The van der Waals surface area contributed by atoms with Crippen molar-refractivity contribution < 1.29 is 9.59 Å². The van der Waals surface area contributed by atoms with Gasteiger partial charge in [0.15, 0.2) is 0 Å². The molecule has 0 unspecified atom stereocenters. The number of carbonyl (C=O) groups is 2. The minimum atomic E-state index is -0.610. The molecule has 2 N–H and O–H groups in total. The van der Waals surface area contributed by atoms with Crippen molar-refractivity contribution >= 4 is 29.1 Å². The third-order valence-corrected chi connectivity index (χ3v) is 5.32. The number of hydrogen-bond donors (Lipinski definition) is 2. The Bertz CT molecular complexity index is 592. The van der Waals surface area contributed by atoms with E-state index in [2.05, 4.69) is 10.6 Å². The van der Waals surface area contributed by atoms with Crippen LogP contribution in [0.1, 0.15) is 76.2 Å². The molecule has 1 fully saturated rings. The highest BCUT2D eigenvalue weighted by atomic mass is 35.5. The molecule has 4 nitrogen and oxygen atoms in total. The van der Waals surface area contributed by atoms with Crippen LogP contribution in [0.25, 0.3) is 0 Å². The summed E-state index contributed by atoms with van der Waals surface area (Å²) in [4.78, 5) is 24.6. The molecule has 0 aromatic heterocycles. The molecule has 0 radical (unpaired) electrons. The van der Waals surface area contributed by atoms with Crippen LogP contribution in [0.4, 0.5) is 5.69 Å². The van der Waals surface area contributed by atoms with Crippen molar-refractivity contribution in [1.82, 2.24) is 5.32 Å². The Morgan fingerprint density at radius 3 is 1.96 bits per heavy atom. The first-order valence-corrected chi connectivity index (χ1v) is 10.3. The molecule has 2 amide bonds. The summed E-state index contributed by atoms with van der Waals surface area (Å²) >= 11 is 5.93. The van der Waals surface area contributed by atoms with E-state index >= 15 is 0 Å². The second kappa shape index (κ2) is 11.2. The van der Waals surface area contributed by atoms with Crippen molar-refractivity contribution in [1.29, 1.82) is 0 Å². The second-order valence-corrected chi connectivity index (χ2v) is 7.78. The highest BCUT2D eigenvalue weighted by Gasteiger charge is 2.19. The summed E-state index contributed by atoms with van der Waals surface area (Å²) in [5, 5.41) is 6.24. The topological polar surface area (TPSA) is 58.2 Å². The fourth-order valence-electron chi connectivity index (χ4n) is 3.50. The van der Waals surface area contributed by atoms with Crippen LogP contribution >= 0.6 is 11.6 Å². The quantitative estimate of drug-likeness (QED) is 0.679. The molecule has 0 spiro atoms. The molecule has 0 bridgehead atoms. The minimum Gasteiger partial charge on any atom is -0.345 e.